The predicted octanol–water partition coefficient (Wildman–Crippen LogP) is 6.36. The second kappa shape index (κ2) is 19.8. The topological polar surface area (TPSA) is 217 Å². The summed E-state index contributed by atoms with van der Waals surface area (Å²) in [5, 5.41) is 17.0. The van der Waals surface area contributed by atoms with Crippen LogP contribution >= 0.6 is 11.6 Å². The molecule has 0 atom stereocenters. The molecule has 4 amide bonds. The van der Waals surface area contributed by atoms with Crippen LogP contribution in [0.5, 0.6) is 0 Å². The number of anilines is 1. The number of esters is 1. The molecule has 6 heterocycles. The van der Waals surface area contributed by atoms with E-state index in [1.165, 1.54) is 25.2 Å². The lowest BCUT2D eigenvalue weighted by molar-refractivity contribution is -0.930. The van der Waals surface area contributed by atoms with Crippen molar-refractivity contribution in [2.45, 2.75) is 71.8 Å². The smallest absolute Gasteiger partial charge is 0.435 e. The van der Waals surface area contributed by atoms with Gasteiger partial charge in [-0.2, -0.15) is 18.3 Å². The van der Waals surface area contributed by atoms with E-state index in [0.717, 1.165) is 17.0 Å². The van der Waals surface area contributed by atoms with E-state index in [9.17, 15) is 51.6 Å². The highest BCUT2D eigenvalue weighted by molar-refractivity contribution is 6.34. The number of benzene rings is 1. The van der Waals surface area contributed by atoms with Crippen LogP contribution in [0.2, 0.25) is 5.02 Å². The Hall–Kier alpha value is -6.69. The largest absolute Gasteiger partial charge is 0.456 e. The average Bonchev–Trinajstić information content (AvgIpc) is 3.87. The molecule has 382 valence electrons. The van der Waals surface area contributed by atoms with Gasteiger partial charge in [0.05, 0.1) is 58.7 Å². The summed E-state index contributed by atoms with van der Waals surface area (Å²) < 4.78 is 70.5. The number of halogens is 5. The monoisotopic (exact) mass is 1020 g/mol. The first-order chi connectivity index (χ1) is 33.1. The molecule has 1 aromatic carbocycles. The predicted molar refractivity (Wildman–Crippen MR) is 247 cm³/mol. The third-order valence-electron chi connectivity index (χ3n) is 12.4. The number of pyridine rings is 1. The maximum atomic E-state index is 14.7. The number of amides is 4. The van der Waals surface area contributed by atoms with Gasteiger partial charge in [0.15, 0.2) is 29.7 Å². The molecule has 3 aromatic heterocycles. The van der Waals surface area contributed by atoms with Gasteiger partial charge in [0, 0.05) is 82.9 Å². The molecular formula is C46H55ClF4N11O9+. The molecule has 3 aliphatic heterocycles. The minimum absolute atomic E-state index is 0.00389. The molecule has 4 aromatic rings. The van der Waals surface area contributed by atoms with E-state index < -0.39 is 62.7 Å². The summed E-state index contributed by atoms with van der Waals surface area (Å²) in [5.41, 5.74) is -4.02. The van der Waals surface area contributed by atoms with Gasteiger partial charge in [-0.25, -0.2) is 28.6 Å². The molecule has 0 radical (unpaired) electrons. The Kier molecular flexibility index (Phi) is 14.6. The van der Waals surface area contributed by atoms with Crippen molar-refractivity contribution in [3.63, 3.8) is 0 Å². The fourth-order valence-corrected chi connectivity index (χ4v) is 9.34. The van der Waals surface area contributed by atoms with Gasteiger partial charge in [-0.1, -0.05) is 11.6 Å². The molecule has 1 N–H and O–H groups in total. The molecule has 0 spiro atoms. The minimum atomic E-state index is -5.06. The van der Waals surface area contributed by atoms with Crippen molar-refractivity contribution in [3.8, 4) is 17.1 Å². The van der Waals surface area contributed by atoms with Crippen LogP contribution in [0.15, 0.2) is 42.9 Å². The first-order valence-corrected chi connectivity index (χ1v) is 23.2. The van der Waals surface area contributed by atoms with E-state index in [4.69, 9.17) is 21.1 Å². The van der Waals surface area contributed by atoms with E-state index in [1.807, 2.05) is 41.5 Å². The molecule has 25 heteroatoms. The highest BCUT2D eigenvalue weighted by Gasteiger charge is 2.46. The summed E-state index contributed by atoms with van der Waals surface area (Å²) in [5.74, 6) is -4.08. The number of likely N-dealkylation sites (tertiary alicyclic amines) is 2. The number of hydrogen-bond acceptors (Lipinski definition) is 12. The van der Waals surface area contributed by atoms with Crippen LogP contribution in [0.25, 0.3) is 17.1 Å². The second-order valence-electron chi connectivity index (χ2n) is 20.1. The number of carbonyl (C=O) groups is 5. The Balaban J connectivity index is 0.940. The molecule has 3 aliphatic rings. The van der Waals surface area contributed by atoms with Gasteiger partial charge in [0.25, 0.3) is 17.5 Å². The first kappa shape index (κ1) is 52.1. The Morgan fingerprint density at radius 2 is 1.54 bits per heavy atom. The Labute approximate surface area is 410 Å². The lowest BCUT2D eigenvalue weighted by Gasteiger charge is -2.49. The number of quaternary nitrogens is 1. The first-order valence-electron chi connectivity index (χ1n) is 22.8. The summed E-state index contributed by atoms with van der Waals surface area (Å²) in [4.78, 5) is 89.4. The normalized spacial score (nSPS) is 19.0. The zero-order valence-electron chi connectivity index (χ0n) is 40.2. The van der Waals surface area contributed by atoms with Gasteiger partial charge < -0.3 is 38.5 Å². The van der Waals surface area contributed by atoms with Gasteiger partial charge in [-0.3, -0.25) is 24.5 Å². The van der Waals surface area contributed by atoms with Gasteiger partial charge in [0.2, 0.25) is 5.91 Å². The van der Waals surface area contributed by atoms with Gasteiger partial charge in [-0.15, -0.1) is 0 Å². The Morgan fingerprint density at radius 3 is 2.11 bits per heavy atom. The maximum absolute atomic E-state index is 14.7. The van der Waals surface area contributed by atoms with Gasteiger partial charge in [-0.05, 0) is 59.7 Å². The van der Waals surface area contributed by atoms with Crippen molar-refractivity contribution in [2.75, 3.05) is 70.8 Å². The Bertz CT molecular complexity index is 2730. The molecule has 3 fully saturated rings. The van der Waals surface area contributed by atoms with E-state index in [0.29, 0.717) is 67.0 Å². The standard InChI is InChI=1S/C46H54ClF4N11O9/c1-44(2,3)70-36(63)26-62(25-27-22-59(23-27)43(67)71-45(4,5)6)16-10-28(11-17-62)41(65)57-12-14-58(15-13-57)42(66)31-9-8-29(18-33(31)47)54-40(64)39-53-21-35(56(39)7)32-24-60(55-37(32)46(49,50)51)38-34(48)19-30(20-52-38)61(68)69/h8-9,18-21,24,27-28H,10-17,22-23,25-26H2,1-7H3/p+1. The molecule has 3 saturated heterocycles. The van der Waals surface area contributed by atoms with Crippen LogP contribution < -0.4 is 5.32 Å². The molecule has 20 nitrogen and oxygen atoms in total. The average molecular weight is 1020 g/mol. The molecule has 0 bridgehead atoms. The molecular weight excluding hydrogens is 962 g/mol. The van der Waals surface area contributed by atoms with Crippen molar-refractivity contribution in [1.29, 1.82) is 0 Å². The number of nitro groups is 1. The van der Waals surface area contributed by atoms with E-state index in [-0.39, 0.29) is 90.3 Å². The zero-order chi connectivity index (χ0) is 52.0. The number of ether oxygens (including phenoxy) is 2. The Morgan fingerprint density at radius 1 is 0.901 bits per heavy atom. The molecule has 71 heavy (non-hydrogen) atoms. The van der Waals surface area contributed by atoms with Crippen LogP contribution in [0.1, 0.15) is 81.1 Å². The van der Waals surface area contributed by atoms with Crippen LogP contribution in [-0.2, 0) is 32.3 Å². The number of alkyl halides is 3. The SMILES string of the molecule is Cn1c(-c2cn(-c3ncc([N+](=O)[O-])cc3F)nc2C(F)(F)F)cnc1C(=O)Nc1ccc(C(=O)N2CCN(C(=O)C3CC[N+](CC(=O)OC(C)(C)C)(CC4CN(C(=O)OC(C)(C)C)C4)CC3)CC2)c(Cl)c1. The van der Waals surface area contributed by atoms with Crippen molar-refractivity contribution in [2.24, 2.45) is 18.9 Å². The maximum Gasteiger partial charge on any atom is 0.435 e. The molecule has 0 saturated carbocycles. The van der Waals surface area contributed by atoms with Gasteiger partial charge >= 0.3 is 18.2 Å². The van der Waals surface area contributed by atoms with Crippen LogP contribution in [0.4, 0.5) is 33.7 Å². The lowest BCUT2D eigenvalue weighted by atomic mass is 9.90. The van der Waals surface area contributed by atoms with E-state index >= 15 is 0 Å². The van der Waals surface area contributed by atoms with E-state index in [2.05, 4.69) is 20.4 Å². The number of hydrogen-bond donors (Lipinski definition) is 1. The highest BCUT2D eigenvalue weighted by atomic mass is 35.5. The van der Waals surface area contributed by atoms with Crippen LogP contribution in [-0.4, -0.2) is 155 Å². The number of rotatable bonds is 11. The highest BCUT2D eigenvalue weighted by Crippen LogP contribution is 2.38. The number of piperazine rings is 1. The quantitative estimate of drug-likeness (QED) is 0.0571. The number of piperidine rings is 1. The lowest BCUT2D eigenvalue weighted by Crippen LogP contribution is -2.64. The molecule has 7 rings (SSSR count). The van der Waals surface area contributed by atoms with Crippen molar-refractivity contribution < 1.29 is 60.4 Å². The summed E-state index contributed by atoms with van der Waals surface area (Å²) >= 11 is 6.57. The second-order valence-corrected chi connectivity index (χ2v) is 20.5. The number of imidazole rings is 1. The van der Waals surface area contributed by atoms with Crippen LogP contribution in [0.3, 0.4) is 0 Å². The van der Waals surface area contributed by atoms with Crippen molar-refractivity contribution in [1.82, 2.24) is 39.0 Å². The van der Waals surface area contributed by atoms with Crippen LogP contribution in [0, 0.1) is 27.8 Å². The molecule has 0 aliphatic carbocycles. The third kappa shape index (κ3) is 12.1. The third-order valence-corrected chi connectivity index (χ3v) is 12.7. The number of carbonyl (C=O) groups excluding carboxylic acids is 5. The minimum Gasteiger partial charge on any atom is -0.456 e. The van der Waals surface area contributed by atoms with Crippen molar-refractivity contribution in [3.05, 3.63) is 80.9 Å². The molecule has 0 unspecified atom stereocenters. The van der Waals surface area contributed by atoms with Crippen molar-refractivity contribution >= 4 is 52.8 Å². The number of nitrogens with zero attached hydrogens (tertiary/aromatic N) is 10. The fourth-order valence-electron chi connectivity index (χ4n) is 9.07. The zero-order valence-corrected chi connectivity index (χ0v) is 41.0. The summed E-state index contributed by atoms with van der Waals surface area (Å²) in [6.07, 6.45) is -1.85. The number of nitrogens with one attached hydrogen (secondary N) is 1. The van der Waals surface area contributed by atoms with Gasteiger partial charge in [0.1, 0.15) is 17.4 Å². The summed E-state index contributed by atoms with van der Waals surface area (Å²) in [6.45, 7) is 15.0. The van der Waals surface area contributed by atoms with E-state index in [1.54, 1.807) is 14.7 Å². The fraction of sp³-hybridized carbons (Fsp3) is 0.522. The summed E-state index contributed by atoms with van der Waals surface area (Å²) in [7, 11) is 1.27. The summed E-state index contributed by atoms with van der Waals surface area (Å²) in [6, 6.07) is 4.66. The number of aromatic nitrogens is 5.